The van der Waals surface area contributed by atoms with Gasteiger partial charge in [-0.25, -0.2) is 4.98 Å². The zero-order chi connectivity index (χ0) is 23.4. The van der Waals surface area contributed by atoms with Crippen molar-refractivity contribution in [1.82, 2.24) is 14.9 Å². The van der Waals surface area contributed by atoms with E-state index in [9.17, 15) is 4.79 Å². The minimum absolute atomic E-state index is 0.0526. The van der Waals surface area contributed by atoms with Gasteiger partial charge in [-0.05, 0) is 55.5 Å². The molecular formula is C29H33N3O2. The van der Waals surface area contributed by atoms with E-state index in [0.29, 0.717) is 12.3 Å². The standard InChI is InChI=1S/C29H33N3O2/c33-29(23-34-25-16-6-2-7-17-25)30-21-11-3-8-20-28-31-26-18-9-10-19-27(26)32(28)22-12-15-24-13-4-1-5-14-24/h1-2,4-7,9-10,13-14,16-19H,3,8,11-12,15,20-23H2,(H,30,33). The highest BCUT2D eigenvalue weighted by Gasteiger charge is 2.10. The third kappa shape index (κ3) is 6.95. The van der Waals surface area contributed by atoms with E-state index in [2.05, 4.69) is 64.5 Å². The molecule has 1 amide bonds. The summed E-state index contributed by atoms with van der Waals surface area (Å²) in [5.41, 5.74) is 3.67. The molecule has 0 radical (unpaired) electrons. The fourth-order valence-corrected chi connectivity index (χ4v) is 4.18. The smallest absolute Gasteiger partial charge is 0.257 e. The number of hydrogen-bond donors (Lipinski definition) is 1. The highest BCUT2D eigenvalue weighted by Crippen LogP contribution is 2.19. The van der Waals surface area contributed by atoms with Crippen LogP contribution in [0.2, 0.25) is 0 Å². The van der Waals surface area contributed by atoms with Gasteiger partial charge < -0.3 is 14.6 Å². The van der Waals surface area contributed by atoms with Crippen LogP contribution in [0.15, 0.2) is 84.9 Å². The topological polar surface area (TPSA) is 56.1 Å². The number of hydrogen-bond acceptors (Lipinski definition) is 3. The molecule has 1 heterocycles. The van der Waals surface area contributed by atoms with Gasteiger partial charge in [0.15, 0.2) is 6.61 Å². The fourth-order valence-electron chi connectivity index (χ4n) is 4.18. The molecule has 4 rings (SSSR count). The summed E-state index contributed by atoms with van der Waals surface area (Å²) in [6, 6.07) is 28.5. The predicted octanol–water partition coefficient (Wildman–Crippen LogP) is 5.58. The van der Waals surface area contributed by atoms with Crippen molar-refractivity contribution in [2.45, 2.75) is 45.1 Å². The largest absolute Gasteiger partial charge is 0.484 e. The highest BCUT2D eigenvalue weighted by molar-refractivity contribution is 5.77. The molecule has 0 bridgehead atoms. The van der Waals surface area contributed by atoms with E-state index in [1.807, 2.05) is 30.3 Å². The Morgan fingerprint density at radius 3 is 2.35 bits per heavy atom. The van der Waals surface area contributed by atoms with Crippen molar-refractivity contribution >= 4 is 16.9 Å². The van der Waals surface area contributed by atoms with Crippen LogP contribution in [0.4, 0.5) is 0 Å². The first kappa shape index (κ1) is 23.6. The number of carbonyl (C=O) groups is 1. The van der Waals surface area contributed by atoms with E-state index >= 15 is 0 Å². The average Bonchev–Trinajstić information content (AvgIpc) is 3.23. The van der Waals surface area contributed by atoms with Crippen LogP contribution in [0.3, 0.4) is 0 Å². The van der Waals surface area contributed by atoms with Gasteiger partial charge in [0, 0.05) is 19.5 Å². The third-order valence-corrected chi connectivity index (χ3v) is 5.94. The second-order valence-corrected chi connectivity index (χ2v) is 8.52. The molecule has 0 unspecified atom stereocenters. The molecule has 5 heteroatoms. The van der Waals surface area contributed by atoms with E-state index in [0.717, 1.165) is 56.4 Å². The number of aryl methyl sites for hydroxylation is 3. The number of benzene rings is 3. The number of fused-ring (bicyclic) bond motifs is 1. The Balaban J connectivity index is 1.20. The first-order chi connectivity index (χ1) is 16.8. The molecule has 0 saturated carbocycles. The number of nitrogens with one attached hydrogen (secondary N) is 1. The van der Waals surface area contributed by atoms with E-state index in [1.54, 1.807) is 0 Å². The van der Waals surface area contributed by atoms with Crippen LogP contribution in [0.25, 0.3) is 11.0 Å². The molecule has 0 aliphatic rings. The molecule has 34 heavy (non-hydrogen) atoms. The van der Waals surface area contributed by atoms with Gasteiger partial charge in [0.1, 0.15) is 11.6 Å². The molecule has 4 aromatic rings. The summed E-state index contributed by atoms with van der Waals surface area (Å²) in [7, 11) is 0. The maximum absolute atomic E-state index is 12.0. The van der Waals surface area contributed by atoms with Gasteiger partial charge >= 0.3 is 0 Å². The number of imidazole rings is 1. The van der Waals surface area contributed by atoms with E-state index < -0.39 is 0 Å². The normalized spacial score (nSPS) is 10.9. The van der Waals surface area contributed by atoms with Crippen LogP contribution in [0.5, 0.6) is 5.75 Å². The molecule has 176 valence electrons. The van der Waals surface area contributed by atoms with Crippen LogP contribution in [-0.2, 0) is 24.2 Å². The summed E-state index contributed by atoms with van der Waals surface area (Å²) < 4.78 is 7.87. The van der Waals surface area contributed by atoms with Crippen molar-refractivity contribution in [2.24, 2.45) is 0 Å². The zero-order valence-electron chi connectivity index (χ0n) is 19.7. The van der Waals surface area contributed by atoms with E-state index in [-0.39, 0.29) is 12.5 Å². The summed E-state index contributed by atoms with van der Waals surface area (Å²) in [5, 5.41) is 2.94. The Morgan fingerprint density at radius 2 is 1.53 bits per heavy atom. The summed E-state index contributed by atoms with van der Waals surface area (Å²) in [5.74, 6) is 1.79. The fraction of sp³-hybridized carbons (Fsp3) is 0.310. The quantitative estimate of drug-likeness (QED) is 0.268. The highest BCUT2D eigenvalue weighted by atomic mass is 16.5. The van der Waals surface area contributed by atoms with Gasteiger partial charge in [-0.2, -0.15) is 0 Å². The Bertz CT molecular complexity index is 1160. The second-order valence-electron chi connectivity index (χ2n) is 8.52. The number of ether oxygens (including phenoxy) is 1. The molecule has 0 atom stereocenters. The first-order valence-corrected chi connectivity index (χ1v) is 12.2. The van der Waals surface area contributed by atoms with Crippen molar-refractivity contribution in [1.29, 1.82) is 0 Å². The van der Waals surface area contributed by atoms with Crippen LogP contribution in [0.1, 0.15) is 37.1 Å². The maximum Gasteiger partial charge on any atom is 0.257 e. The van der Waals surface area contributed by atoms with Gasteiger partial charge in [-0.1, -0.05) is 67.1 Å². The summed E-state index contributed by atoms with van der Waals surface area (Å²) >= 11 is 0. The molecule has 1 N–H and O–H groups in total. The van der Waals surface area contributed by atoms with Crippen molar-refractivity contribution in [3.05, 3.63) is 96.3 Å². The zero-order valence-corrected chi connectivity index (χ0v) is 19.7. The number of rotatable bonds is 13. The lowest BCUT2D eigenvalue weighted by atomic mass is 10.1. The van der Waals surface area contributed by atoms with Crippen molar-refractivity contribution in [3.8, 4) is 5.75 Å². The van der Waals surface area contributed by atoms with Gasteiger partial charge in [0.25, 0.3) is 5.91 Å². The van der Waals surface area contributed by atoms with Crippen molar-refractivity contribution < 1.29 is 9.53 Å². The Morgan fingerprint density at radius 1 is 0.794 bits per heavy atom. The van der Waals surface area contributed by atoms with Crippen LogP contribution in [0, 0.1) is 0 Å². The van der Waals surface area contributed by atoms with Crippen LogP contribution < -0.4 is 10.1 Å². The Kier molecular flexibility index (Phi) is 8.72. The summed E-state index contributed by atoms with van der Waals surface area (Å²) in [6.45, 7) is 1.70. The first-order valence-electron chi connectivity index (χ1n) is 12.2. The molecule has 0 aliphatic carbocycles. The Labute approximate surface area is 201 Å². The van der Waals surface area contributed by atoms with Crippen LogP contribution >= 0.6 is 0 Å². The van der Waals surface area contributed by atoms with Gasteiger partial charge in [0.05, 0.1) is 11.0 Å². The van der Waals surface area contributed by atoms with Crippen LogP contribution in [-0.4, -0.2) is 28.6 Å². The molecule has 0 spiro atoms. The molecule has 1 aromatic heterocycles. The summed E-state index contributed by atoms with van der Waals surface area (Å²) in [6.07, 6.45) is 6.16. The van der Waals surface area contributed by atoms with Gasteiger partial charge in [0.2, 0.25) is 0 Å². The molecule has 5 nitrogen and oxygen atoms in total. The Hall–Kier alpha value is -3.60. The molecule has 0 fully saturated rings. The molecule has 3 aromatic carbocycles. The van der Waals surface area contributed by atoms with Crippen molar-refractivity contribution in [3.63, 3.8) is 0 Å². The lowest BCUT2D eigenvalue weighted by Gasteiger charge is -2.10. The number of carbonyl (C=O) groups excluding carboxylic acids is 1. The monoisotopic (exact) mass is 455 g/mol. The molecule has 0 aliphatic heterocycles. The van der Waals surface area contributed by atoms with E-state index in [1.165, 1.54) is 11.1 Å². The average molecular weight is 456 g/mol. The van der Waals surface area contributed by atoms with Gasteiger partial charge in [-0.15, -0.1) is 0 Å². The number of aromatic nitrogens is 2. The minimum Gasteiger partial charge on any atom is -0.484 e. The molecular weight excluding hydrogens is 422 g/mol. The summed E-state index contributed by atoms with van der Waals surface area (Å²) in [4.78, 5) is 16.9. The lowest BCUT2D eigenvalue weighted by molar-refractivity contribution is -0.123. The number of amides is 1. The lowest BCUT2D eigenvalue weighted by Crippen LogP contribution is -2.29. The number of unbranched alkanes of at least 4 members (excludes halogenated alkanes) is 2. The number of nitrogens with zero attached hydrogens (tertiary/aromatic N) is 2. The maximum atomic E-state index is 12.0. The second kappa shape index (κ2) is 12.6. The predicted molar refractivity (Wildman–Crippen MR) is 137 cm³/mol. The minimum atomic E-state index is -0.0796. The van der Waals surface area contributed by atoms with Gasteiger partial charge in [-0.3, -0.25) is 4.79 Å². The molecule has 0 saturated heterocycles. The number of para-hydroxylation sites is 3. The van der Waals surface area contributed by atoms with E-state index in [4.69, 9.17) is 9.72 Å². The van der Waals surface area contributed by atoms with Crippen molar-refractivity contribution in [2.75, 3.05) is 13.2 Å². The third-order valence-electron chi connectivity index (χ3n) is 5.94. The SMILES string of the molecule is O=C(COc1ccccc1)NCCCCCc1nc2ccccc2n1CCCc1ccccc1.